The van der Waals surface area contributed by atoms with Crippen molar-refractivity contribution in [3.8, 4) is 23.0 Å². The molecule has 0 bridgehead atoms. The van der Waals surface area contributed by atoms with Crippen LogP contribution in [0.15, 0.2) is 30.3 Å². The molecule has 0 unspecified atom stereocenters. The second-order valence-electron chi connectivity index (χ2n) is 4.76. The molecule has 2 aromatic rings. The molecule has 23 heavy (non-hydrogen) atoms. The molecule has 0 aromatic heterocycles. The van der Waals surface area contributed by atoms with Crippen molar-refractivity contribution in [2.45, 2.75) is 0 Å². The molecular weight excluding hydrogens is 294 g/mol. The predicted octanol–water partition coefficient (Wildman–Crippen LogP) is 3.47. The quantitative estimate of drug-likeness (QED) is 0.653. The standard InChI is InChI=1S/C18H21NO4/c1-20-14-7-5-6-13(17(14)19)9-8-12-10-15(21-2)18(23-4)16(11-12)22-3/h5-11H,19H2,1-4H3/b9-8-. The molecule has 122 valence electrons. The lowest BCUT2D eigenvalue weighted by Gasteiger charge is -2.13. The summed E-state index contributed by atoms with van der Waals surface area (Å²) < 4.78 is 21.2. The molecule has 2 aromatic carbocycles. The molecule has 0 amide bonds. The van der Waals surface area contributed by atoms with Crippen LogP contribution in [0.2, 0.25) is 0 Å². The van der Waals surface area contributed by atoms with Crippen LogP contribution in [0.1, 0.15) is 11.1 Å². The third-order valence-electron chi connectivity index (χ3n) is 3.46. The lowest BCUT2D eigenvalue weighted by molar-refractivity contribution is 0.324. The van der Waals surface area contributed by atoms with E-state index < -0.39 is 0 Å². The van der Waals surface area contributed by atoms with Gasteiger partial charge in [0.1, 0.15) is 5.75 Å². The van der Waals surface area contributed by atoms with Crippen LogP contribution in [0.25, 0.3) is 12.2 Å². The molecule has 0 fully saturated rings. The fourth-order valence-corrected chi connectivity index (χ4v) is 2.27. The van der Waals surface area contributed by atoms with Gasteiger partial charge in [0.2, 0.25) is 5.75 Å². The van der Waals surface area contributed by atoms with Crippen LogP contribution in [0.5, 0.6) is 23.0 Å². The molecule has 0 heterocycles. The number of ether oxygens (including phenoxy) is 4. The Balaban J connectivity index is 2.40. The first kappa shape index (κ1) is 16.5. The smallest absolute Gasteiger partial charge is 0.203 e. The van der Waals surface area contributed by atoms with Crippen molar-refractivity contribution in [2.75, 3.05) is 34.2 Å². The zero-order valence-electron chi connectivity index (χ0n) is 13.8. The highest BCUT2D eigenvalue weighted by Gasteiger charge is 2.12. The zero-order chi connectivity index (χ0) is 16.8. The summed E-state index contributed by atoms with van der Waals surface area (Å²) in [5.74, 6) is 2.42. The lowest BCUT2D eigenvalue weighted by atomic mass is 10.1. The van der Waals surface area contributed by atoms with E-state index in [1.165, 1.54) is 0 Å². The van der Waals surface area contributed by atoms with E-state index in [2.05, 4.69) is 0 Å². The summed E-state index contributed by atoms with van der Waals surface area (Å²) in [7, 11) is 6.35. The Morgan fingerprint density at radius 3 is 1.91 bits per heavy atom. The van der Waals surface area contributed by atoms with Gasteiger partial charge in [-0.3, -0.25) is 0 Å². The molecule has 0 saturated heterocycles. The van der Waals surface area contributed by atoms with Crippen molar-refractivity contribution in [1.82, 2.24) is 0 Å². The number of hydrogen-bond donors (Lipinski definition) is 1. The molecule has 5 nitrogen and oxygen atoms in total. The number of hydrogen-bond acceptors (Lipinski definition) is 5. The Morgan fingerprint density at radius 1 is 0.783 bits per heavy atom. The SMILES string of the molecule is COc1cccc(/C=C\c2cc(OC)c(OC)c(OC)c2)c1N. The first-order chi connectivity index (χ1) is 11.1. The molecule has 0 spiro atoms. The summed E-state index contributed by atoms with van der Waals surface area (Å²) in [6.45, 7) is 0. The number of para-hydroxylation sites is 1. The summed E-state index contributed by atoms with van der Waals surface area (Å²) in [6.07, 6.45) is 3.84. The average Bonchev–Trinajstić information content (AvgIpc) is 2.59. The summed E-state index contributed by atoms with van der Waals surface area (Å²) in [5.41, 5.74) is 8.44. The zero-order valence-corrected chi connectivity index (χ0v) is 13.8. The topological polar surface area (TPSA) is 62.9 Å². The van der Waals surface area contributed by atoms with E-state index in [9.17, 15) is 0 Å². The molecule has 0 saturated carbocycles. The third kappa shape index (κ3) is 3.51. The van der Waals surface area contributed by atoms with Gasteiger partial charge in [0, 0.05) is 5.56 Å². The minimum Gasteiger partial charge on any atom is -0.495 e. The molecule has 2 rings (SSSR count). The third-order valence-corrected chi connectivity index (χ3v) is 3.46. The monoisotopic (exact) mass is 315 g/mol. The maximum atomic E-state index is 6.07. The Kier molecular flexibility index (Phi) is 5.36. The highest BCUT2D eigenvalue weighted by molar-refractivity contribution is 5.79. The highest BCUT2D eigenvalue weighted by atomic mass is 16.5. The number of nitrogens with two attached hydrogens (primary N) is 1. The first-order valence-corrected chi connectivity index (χ1v) is 7.05. The Morgan fingerprint density at radius 2 is 1.39 bits per heavy atom. The van der Waals surface area contributed by atoms with E-state index in [0.29, 0.717) is 28.7 Å². The van der Waals surface area contributed by atoms with Crippen molar-refractivity contribution in [3.63, 3.8) is 0 Å². The van der Waals surface area contributed by atoms with Gasteiger partial charge in [0.05, 0.1) is 34.1 Å². The minimum absolute atomic E-state index is 0.563. The average molecular weight is 315 g/mol. The van der Waals surface area contributed by atoms with E-state index in [-0.39, 0.29) is 0 Å². The van der Waals surface area contributed by atoms with Gasteiger partial charge in [-0.2, -0.15) is 0 Å². The number of benzene rings is 2. The molecule has 2 N–H and O–H groups in total. The summed E-state index contributed by atoms with van der Waals surface area (Å²) >= 11 is 0. The molecule has 0 aliphatic carbocycles. The van der Waals surface area contributed by atoms with Crippen molar-refractivity contribution in [2.24, 2.45) is 0 Å². The second kappa shape index (κ2) is 7.45. The van der Waals surface area contributed by atoms with Crippen LogP contribution in [0.4, 0.5) is 5.69 Å². The molecule has 5 heteroatoms. The highest BCUT2D eigenvalue weighted by Crippen LogP contribution is 2.38. The van der Waals surface area contributed by atoms with Crippen LogP contribution in [0.3, 0.4) is 0 Å². The van der Waals surface area contributed by atoms with Gasteiger partial charge in [0.15, 0.2) is 11.5 Å². The fraction of sp³-hybridized carbons (Fsp3) is 0.222. The van der Waals surface area contributed by atoms with Crippen LogP contribution < -0.4 is 24.7 Å². The van der Waals surface area contributed by atoms with Gasteiger partial charge in [-0.25, -0.2) is 0 Å². The van der Waals surface area contributed by atoms with Crippen molar-refractivity contribution in [3.05, 3.63) is 41.5 Å². The van der Waals surface area contributed by atoms with Gasteiger partial charge in [-0.15, -0.1) is 0 Å². The van der Waals surface area contributed by atoms with Crippen LogP contribution in [0, 0.1) is 0 Å². The van der Waals surface area contributed by atoms with Crippen molar-refractivity contribution >= 4 is 17.8 Å². The van der Waals surface area contributed by atoms with Gasteiger partial charge < -0.3 is 24.7 Å². The number of nitrogen functional groups attached to an aromatic ring is 1. The maximum absolute atomic E-state index is 6.07. The Labute approximate surface area is 136 Å². The van der Waals surface area contributed by atoms with Crippen molar-refractivity contribution < 1.29 is 18.9 Å². The van der Waals surface area contributed by atoms with Gasteiger partial charge >= 0.3 is 0 Å². The minimum atomic E-state index is 0.563. The van der Waals surface area contributed by atoms with E-state index in [1.54, 1.807) is 28.4 Å². The summed E-state index contributed by atoms with van der Waals surface area (Å²) in [4.78, 5) is 0. The predicted molar refractivity (Wildman–Crippen MR) is 92.4 cm³/mol. The number of rotatable bonds is 6. The van der Waals surface area contributed by atoms with Gasteiger partial charge in [-0.1, -0.05) is 24.3 Å². The Hall–Kier alpha value is -2.82. The van der Waals surface area contributed by atoms with Crippen LogP contribution in [-0.2, 0) is 0 Å². The number of methoxy groups -OCH3 is 4. The van der Waals surface area contributed by atoms with E-state index in [4.69, 9.17) is 24.7 Å². The van der Waals surface area contributed by atoms with Crippen LogP contribution in [-0.4, -0.2) is 28.4 Å². The number of anilines is 1. The molecule has 0 radical (unpaired) electrons. The normalized spacial score (nSPS) is 10.6. The van der Waals surface area contributed by atoms with Gasteiger partial charge in [-0.05, 0) is 23.8 Å². The molecular formula is C18H21NO4. The summed E-state index contributed by atoms with van der Waals surface area (Å²) in [6, 6.07) is 9.38. The molecule has 0 aliphatic heterocycles. The molecule has 0 aliphatic rings. The van der Waals surface area contributed by atoms with E-state index >= 15 is 0 Å². The van der Waals surface area contributed by atoms with Gasteiger partial charge in [0.25, 0.3) is 0 Å². The first-order valence-electron chi connectivity index (χ1n) is 7.05. The second-order valence-corrected chi connectivity index (χ2v) is 4.76. The lowest BCUT2D eigenvalue weighted by Crippen LogP contribution is -1.96. The van der Waals surface area contributed by atoms with Crippen molar-refractivity contribution in [1.29, 1.82) is 0 Å². The summed E-state index contributed by atoms with van der Waals surface area (Å²) in [5, 5.41) is 0. The maximum Gasteiger partial charge on any atom is 0.203 e. The van der Waals surface area contributed by atoms with Crippen LogP contribution >= 0.6 is 0 Å². The fourth-order valence-electron chi connectivity index (χ4n) is 2.27. The molecule has 0 atom stereocenters. The largest absolute Gasteiger partial charge is 0.495 e. The Bertz CT molecular complexity index is 685. The van der Waals surface area contributed by atoms with E-state index in [1.807, 2.05) is 42.5 Å². The van der Waals surface area contributed by atoms with E-state index in [0.717, 1.165) is 11.1 Å².